The molecule has 0 spiro atoms. The van der Waals surface area contributed by atoms with Crippen molar-refractivity contribution in [3.8, 4) is 0 Å². The van der Waals surface area contributed by atoms with Gasteiger partial charge in [-0.05, 0) is 63.6 Å². The van der Waals surface area contributed by atoms with E-state index in [-0.39, 0.29) is 5.97 Å². The van der Waals surface area contributed by atoms with Gasteiger partial charge in [-0.2, -0.15) is 0 Å². The Morgan fingerprint density at radius 1 is 1.00 bits per heavy atom. The monoisotopic (exact) mass is 397 g/mol. The highest BCUT2D eigenvalue weighted by molar-refractivity contribution is 7.99. The highest BCUT2D eigenvalue weighted by Gasteiger charge is 2.16. The smallest absolute Gasteiger partial charge is 0.412 e. The molecule has 0 fully saturated rings. The van der Waals surface area contributed by atoms with E-state index in [4.69, 9.17) is 4.74 Å². The number of ether oxygens (including phenoxy) is 2. The molecule has 0 bridgehead atoms. The fourth-order valence-corrected chi connectivity index (χ4v) is 2.99. The summed E-state index contributed by atoms with van der Waals surface area (Å²) in [5.74, 6) is 0.909. The van der Waals surface area contributed by atoms with Gasteiger partial charge >= 0.3 is 12.1 Å². The number of esters is 1. The minimum atomic E-state index is -0.503. The molecule has 0 aliphatic carbocycles. The van der Waals surface area contributed by atoms with Crippen molar-refractivity contribution in [1.29, 1.82) is 0 Å². The van der Waals surface area contributed by atoms with Gasteiger partial charge in [0.2, 0.25) is 0 Å². The van der Waals surface area contributed by atoms with E-state index >= 15 is 0 Å². The topological polar surface area (TPSA) is 64.6 Å². The summed E-state index contributed by atoms with van der Waals surface area (Å²) in [6.45, 7) is 9.51. The first-order valence-electron chi connectivity index (χ1n) is 9.60. The molecule has 0 aromatic heterocycles. The Balaban J connectivity index is 0.00000326. The molecule has 27 heavy (non-hydrogen) atoms. The largest absolute Gasteiger partial charge is 0.469 e. The molecule has 0 saturated heterocycles. The van der Waals surface area contributed by atoms with Gasteiger partial charge in [0.1, 0.15) is 5.60 Å². The molecule has 0 aliphatic heterocycles. The first kappa shape index (κ1) is 25.3. The molecule has 1 amide bonds. The number of hydrogen-bond acceptors (Lipinski definition) is 5. The van der Waals surface area contributed by atoms with Crippen molar-refractivity contribution < 1.29 is 19.1 Å². The number of nitrogens with one attached hydrogen (secondary N) is 1. The summed E-state index contributed by atoms with van der Waals surface area (Å²) in [6.07, 6.45) is 4.23. The van der Waals surface area contributed by atoms with Crippen molar-refractivity contribution in [3.63, 3.8) is 0 Å². The molecular weight excluding hydrogens is 362 g/mol. The number of carbonyl (C=O) groups is 2. The van der Waals surface area contributed by atoms with Gasteiger partial charge in [0, 0.05) is 17.0 Å². The van der Waals surface area contributed by atoms with Crippen LogP contribution >= 0.6 is 11.8 Å². The second-order valence-corrected chi connectivity index (χ2v) is 7.91. The maximum atomic E-state index is 11.7. The first-order valence-corrected chi connectivity index (χ1v) is 10.6. The normalized spacial score (nSPS) is 10.4. The minimum Gasteiger partial charge on any atom is -0.469 e. The Hall–Kier alpha value is -1.69. The maximum absolute atomic E-state index is 11.7. The lowest BCUT2D eigenvalue weighted by atomic mass is 10.1. The Labute approximate surface area is 168 Å². The Bertz CT molecular complexity index is 538. The molecule has 0 saturated carbocycles. The summed E-state index contributed by atoms with van der Waals surface area (Å²) in [4.78, 5) is 23.9. The molecular formula is C21H35NO4S. The van der Waals surface area contributed by atoms with E-state index in [9.17, 15) is 9.59 Å². The number of amides is 1. The van der Waals surface area contributed by atoms with Crippen molar-refractivity contribution in [2.45, 2.75) is 77.2 Å². The second kappa shape index (κ2) is 14.4. The van der Waals surface area contributed by atoms with Crippen LogP contribution in [-0.4, -0.2) is 30.5 Å². The van der Waals surface area contributed by atoms with E-state index in [0.29, 0.717) is 6.42 Å². The van der Waals surface area contributed by atoms with Gasteiger partial charge in [-0.25, -0.2) is 4.79 Å². The van der Waals surface area contributed by atoms with Gasteiger partial charge in [0.05, 0.1) is 7.11 Å². The van der Waals surface area contributed by atoms with Gasteiger partial charge in [0.25, 0.3) is 0 Å². The summed E-state index contributed by atoms with van der Waals surface area (Å²) in [5, 5.41) is 2.72. The molecule has 1 rings (SSSR count). The van der Waals surface area contributed by atoms with Crippen LogP contribution in [0.5, 0.6) is 0 Å². The van der Waals surface area contributed by atoms with Crippen molar-refractivity contribution >= 4 is 29.5 Å². The molecule has 5 nitrogen and oxygen atoms in total. The van der Waals surface area contributed by atoms with Crippen molar-refractivity contribution in [1.82, 2.24) is 0 Å². The van der Waals surface area contributed by atoms with Crippen LogP contribution in [0.15, 0.2) is 29.2 Å². The van der Waals surface area contributed by atoms with Gasteiger partial charge in [-0.15, -0.1) is 11.8 Å². The Morgan fingerprint density at radius 2 is 1.59 bits per heavy atom. The van der Waals surface area contributed by atoms with Crippen LogP contribution in [-0.2, 0) is 14.3 Å². The fraction of sp³-hybridized carbons (Fsp3) is 0.619. The molecule has 0 heterocycles. The van der Waals surface area contributed by atoms with E-state index in [1.165, 1.54) is 12.0 Å². The molecule has 6 heteroatoms. The third-order valence-corrected chi connectivity index (χ3v) is 4.37. The summed E-state index contributed by atoms with van der Waals surface area (Å²) in [6, 6.07) is 7.74. The van der Waals surface area contributed by atoms with Crippen molar-refractivity contribution in [2.75, 3.05) is 18.2 Å². The lowest BCUT2D eigenvalue weighted by Crippen LogP contribution is -2.27. The number of carbonyl (C=O) groups excluding carboxylic acids is 2. The van der Waals surface area contributed by atoms with Crippen LogP contribution < -0.4 is 5.32 Å². The van der Waals surface area contributed by atoms with Gasteiger partial charge in [-0.3, -0.25) is 10.1 Å². The fourth-order valence-electron chi connectivity index (χ4n) is 2.07. The minimum absolute atomic E-state index is 0.130. The van der Waals surface area contributed by atoms with Crippen LogP contribution in [0.4, 0.5) is 10.5 Å². The Kier molecular flexibility index (Phi) is 13.5. The number of hydrogen-bond donors (Lipinski definition) is 1. The summed E-state index contributed by atoms with van der Waals surface area (Å²) < 4.78 is 9.84. The second-order valence-electron chi connectivity index (χ2n) is 6.74. The quantitative estimate of drug-likeness (QED) is 0.302. The van der Waals surface area contributed by atoms with Crippen LogP contribution in [0.2, 0.25) is 0 Å². The lowest BCUT2D eigenvalue weighted by molar-refractivity contribution is -0.140. The zero-order valence-electron chi connectivity index (χ0n) is 17.6. The number of rotatable bonds is 9. The van der Waals surface area contributed by atoms with Crippen LogP contribution in [0.25, 0.3) is 0 Å². The molecule has 1 N–H and O–H groups in total. The predicted octanol–water partition coefficient (Wildman–Crippen LogP) is 6.28. The van der Waals surface area contributed by atoms with E-state index < -0.39 is 11.7 Å². The lowest BCUT2D eigenvalue weighted by Gasteiger charge is -2.19. The zero-order chi connectivity index (χ0) is 20.7. The highest BCUT2D eigenvalue weighted by atomic mass is 32.2. The summed E-state index contributed by atoms with van der Waals surface area (Å²) in [7, 11) is 1.42. The van der Waals surface area contributed by atoms with Gasteiger partial charge in [-0.1, -0.05) is 26.7 Å². The molecule has 1 aromatic carbocycles. The van der Waals surface area contributed by atoms with Gasteiger partial charge < -0.3 is 9.47 Å². The van der Waals surface area contributed by atoms with Gasteiger partial charge in [0.15, 0.2) is 0 Å². The van der Waals surface area contributed by atoms with Crippen LogP contribution in [0.1, 0.15) is 66.7 Å². The van der Waals surface area contributed by atoms with E-state index in [2.05, 4.69) is 10.1 Å². The predicted molar refractivity (Wildman–Crippen MR) is 113 cm³/mol. The summed E-state index contributed by atoms with van der Waals surface area (Å²) >= 11 is 1.79. The molecule has 0 unspecified atom stereocenters. The number of thioether (sulfide) groups is 1. The molecule has 1 aromatic rings. The maximum Gasteiger partial charge on any atom is 0.412 e. The molecule has 0 atom stereocenters. The number of unbranched alkanes of at least 4 members (excludes halogenated alkanes) is 3. The summed E-state index contributed by atoms with van der Waals surface area (Å²) in [5.41, 5.74) is 0.220. The number of anilines is 1. The van der Waals surface area contributed by atoms with Crippen molar-refractivity contribution in [2.24, 2.45) is 0 Å². The average Bonchev–Trinajstić information content (AvgIpc) is 2.62. The standard InChI is InChI=1S/C19H29NO4S.C2H6/c1-19(2,3)24-18(22)20-15-10-12-16(13-11-15)25-14-8-6-5-7-9-17(21)23-4;1-2/h10-13H,5-9,14H2,1-4H3,(H,20,22);1-2H3. The Morgan fingerprint density at radius 3 is 2.15 bits per heavy atom. The van der Waals surface area contributed by atoms with E-state index in [1.54, 1.807) is 11.8 Å². The van der Waals surface area contributed by atoms with E-state index in [0.717, 1.165) is 37.1 Å². The molecule has 0 radical (unpaired) electrons. The van der Waals surface area contributed by atoms with E-state index in [1.807, 2.05) is 58.9 Å². The van der Waals surface area contributed by atoms with Crippen LogP contribution in [0.3, 0.4) is 0 Å². The highest BCUT2D eigenvalue weighted by Crippen LogP contribution is 2.22. The molecule has 154 valence electrons. The third kappa shape index (κ3) is 14.1. The SMILES string of the molecule is CC.COC(=O)CCCCCCSc1ccc(NC(=O)OC(C)(C)C)cc1. The van der Waals surface area contributed by atoms with Crippen molar-refractivity contribution in [3.05, 3.63) is 24.3 Å². The zero-order valence-corrected chi connectivity index (χ0v) is 18.4. The number of methoxy groups -OCH3 is 1. The van der Waals surface area contributed by atoms with Crippen LogP contribution in [0, 0.1) is 0 Å². The molecule has 0 aliphatic rings. The average molecular weight is 398 g/mol. The first-order chi connectivity index (χ1) is 12.8. The number of benzene rings is 1. The third-order valence-electron chi connectivity index (χ3n) is 3.27.